The zero-order valence-corrected chi connectivity index (χ0v) is 17.9. The van der Waals surface area contributed by atoms with Crippen LogP contribution < -0.4 is 5.32 Å². The molecule has 2 bridgehead atoms. The Hall–Kier alpha value is -0.810. The van der Waals surface area contributed by atoms with E-state index in [1.165, 1.54) is 18.4 Å². The van der Waals surface area contributed by atoms with Crippen LogP contribution in [0.4, 0.5) is 0 Å². The molecule has 0 aliphatic carbocycles. The van der Waals surface area contributed by atoms with Gasteiger partial charge in [0.15, 0.2) is 0 Å². The van der Waals surface area contributed by atoms with E-state index < -0.39 is 0 Å². The topological polar surface area (TPSA) is 35.6 Å². The molecule has 3 atom stereocenters. The number of hydrogen-bond acceptors (Lipinski definition) is 3. The number of benzene rings is 1. The van der Waals surface area contributed by atoms with Crippen LogP contribution in [0.2, 0.25) is 0 Å². The van der Waals surface area contributed by atoms with Crippen LogP contribution in [0.1, 0.15) is 38.2 Å². The number of carbonyl (C=O) groups excluding carboxylic acids is 1. The van der Waals surface area contributed by atoms with E-state index >= 15 is 0 Å². The lowest BCUT2D eigenvalue weighted by atomic mass is 9.70. The Bertz CT molecular complexity index is 607. The fourth-order valence-electron chi connectivity index (χ4n) is 5.20. The Morgan fingerprint density at radius 3 is 2.37 bits per heavy atom. The molecule has 3 fully saturated rings. The van der Waals surface area contributed by atoms with Crippen molar-refractivity contribution in [3.63, 3.8) is 0 Å². The molecule has 4 rings (SSSR count). The van der Waals surface area contributed by atoms with Crippen molar-refractivity contribution in [1.29, 1.82) is 0 Å². The van der Waals surface area contributed by atoms with E-state index in [-0.39, 0.29) is 30.2 Å². The van der Waals surface area contributed by atoms with E-state index in [0.717, 1.165) is 52.0 Å². The SMILES string of the molecule is CC[C@@]1(C(=O)N2CCN(CCc3ccccc3)CC2)C[C@@H]2CC[C@H]1N2.Cl.Cl. The molecular weight excluding hydrogens is 381 g/mol. The van der Waals surface area contributed by atoms with Crippen LogP contribution in [-0.2, 0) is 11.2 Å². The molecule has 27 heavy (non-hydrogen) atoms. The van der Waals surface area contributed by atoms with Crippen LogP contribution in [0.25, 0.3) is 0 Å². The summed E-state index contributed by atoms with van der Waals surface area (Å²) in [6.07, 6.45) is 5.57. The lowest BCUT2D eigenvalue weighted by molar-refractivity contribution is -0.145. The van der Waals surface area contributed by atoms with Crippen LogP contribution in [0.5, 0.6) is 0 Å². The van der Waals surface area contributed by atoms with Crippen molar-refractivity contribution in [1.82, 2.24) is 15.1 Å². The molecule has 152 valence electrons. The molecule has 3 saturated heterocycles. The molecule has 1 aromatic carbocycles. The first-order valence-electron chi connectivity index (χ1n) is 10.0. The standard InChI is InChI=1S/C21H31N3O.2ClH/c1-2-21(16-18-8-9-19(21)22-18)20(25)24-14-12-23(13-15-24)11-10-17-6-4-3-5-7-17;;/h3-7,18-19,22H,2,8-16H2,1H3;2*1H/t18-,19+,21+;;/m0../s1. The molecule has 6 heteroatoms. The number of rotatable bonds is 5. The van der Waals surface area contributed by atoms with Crippen molar-refractivity contribution in [3.8, 4) is 0 Å². The van der Waals surface area contributed by atoms with E-state index in [1.807, 2.05) is 0 Å². The summed E-state index contributed by atoms with van der Waals surface area (Å²) in [6.45, 7) is 7.12. The maximum Gasteiger partial charge on any atom is 0.230 e. The van der Waals surface area contributed by atoms with Gasteiger partial charge in [-0.1, -0.05) is 37.3 Å². The molecule has 4 nitrogen and oxygen atoms in total. The number of carbonyl (C=O) groups is 1. The van der Waals surface area contributed by atoms with Gasteiger partial charge in [0.1, 0.15) is 0 Å². The fraction of sp³-hybridized carbons (Fsp3) is 0.667. The predicted octanol–water partition coefficient (Wildman–Crippen LogP) is 3.14. The second kappa shape index (κ2) is 9.60. The summed E-state index contributed by atoms with van der Waals surface area (Å²) in [6, 6.07) is 11.7. The Morgan fingerprint density at radius 2 is 1.81 bits per heavy atom. The average Bonchev–Trinajstić information content (AvgIpc) is 3.29. The first kappa shape index (κ1) is 22.5. The van der Waals surface area contributed by atoms with E-state index in [1.54, 1.807) is 0 Å². The molecule has 3 aliphatic rings. The molecule has 3 aliphatic heterocycles. The van der Waals surface area contributed by atoms with E-state index in [0.29, 0.717) is 18.0 Å². The number of nitrogens with one attached hydrogen (secondary N) is 1. The Labute approximate surface area is 175 Å². The zero-order chi connectivity index (χ0) is 17.3. The van der Waals surface area contributed by atoms with Gasteiger partial charge >= 0.3 is 0 Å². The Kier molecular flexibility index (Phi) is 7.99. The molecule has 1 N–H and O–H groups in total. The van der Waals surface area contributed by atoms with Crippen LogP contribution in [0, 0.1) is 5.41 Å². The van der Waals surface area contributed by atoms with Crippen LogP contribution in [0.3, 0.4) is 0 Å². The molecule has 0 aromatic heterocycles. The highest BCUT2D eigenvalue weighted by Crippen LogP contribution is 2.47. The summed E-state index contributed by atoms with van der Waals surface area (Å²) in [5.41, 5.74) is 1.29. The van der Waals surface area contributed by atoms with Gasteiger partial charge in [-0.15, -0.1) is 24.8 Å². The number of amides is 1. The largest absolute Gasteiger partial charge is 0.340 e. The molecule has 1 amide bonds. The summed E-state index contributed by atoms with van der Waals surface area (Å²) >= 11 is 0. The zero-order valence-electron chi connectivity index (χ0n) is 16.2. The van der Waals surface area contributed by atoms with Crippen LogP contribution in [0.15, 0.2) is 30.3 Å². The van der Waals surface area contributed by atoms with Gasteiger partial charge in [0.25, 0.3) is 0 Å². The Morgan fingerprint density at radius 1 is 1.11 bits per heavy atom. The lowest BCUT2D eigenvalue weighted by Crippen LogP contribution is -2.56. The first-order chi connectivity index (χ1) is 12.2. The van der Waals surface area contributed by atoms with Gasteiger partial charge in [0.05, 0.1) is 5.41 Å². The van der Waals surface area contributed by atoms with Crippen molar-refractivity contribution in [3.05, 3.63) is 35.9 Å². The minimum absolute atomic E-state index is 0. The summed E-state index contributed by atoms with van der Waals surface area (Å²) in [5.74, 6) is 0.428. The third-order valence-electron chi connectivity index (χ3n) is 6.79. The van der Waals surface area contributed by atoms with Gasteiger partial charge < -0.3 is 10.2 Å². The van der Waals surface area contributed by atoms with Crippen molar-refractivity contribution in [2.24, 2.45) is 5.41 Å². The number of fused-ring (bicyclic) bond motifs is 2. The van der Waals surface area contributed by atoms with Crippen molar-refractivity contribution in [2.75, 3.05) is 32.7 Å². The minimum atomic E-state index is -0.116. The van der Waals surface area contributed by atoms with Gasteiger partial charge in [-0.2, -0.15) is 0 Å². The molecular formula is C21H33Cl2N3O. The number of nitrogens with zero attached hydrogens (tertiary/aromatic N) is 2. The fourth-order valence-corrected chi connectivity index (χ4v) is 5.20. The minimum Gasteiger partial charge on any atom is -0.340 e. The highest BCUT2D eigenvalue weighted by atomic mass is 35.5. The second-order valence-electron chi connectivity index (χ2n) is 8.08. The Balaban J connectivity index is 0.00000131. The average molecular weight is 414 g/mol. The third-order valence-corrected chi connectivity index (χ3v) is 6.79. The van der Waals surface area contributed by atoms with Crippen molar-refractivity contribution >= 4 is 30.7 Å². The highest BCUT2D eigenvalue weighted by Gasteiger charge is 2.55. The van der Waals surface area contributed by atoms with E-state index in [9.17, 15) is 4.79 Å². The van der Waals surface area contributed by atoms with Gasteiger partial charge in [-0.05, 0) is 37.7 Å². The monoisotopic (exact) mass is 413 g/mol. The summed E-state index contributed by atoms with van der Waals surface area (Å²) in [4.78, 5) is 18.0. The molecule has 3 heterocycles. The van der Waals surface area contributed by atoms with Crippen LogP contribution >= 0.6 is 24.8 Å². The molecule has 1 aromatic rings. The summed E-state index contributed by atoms with van der Waals surface area (Å²) < 4.78 is 0. The molecule has 0 unspecified atom stereocenters. The van der Waals surface area contributed by atoms with Gasteiger partial charge in [-0.3, -0.25) is 9.69 Å². The highest BCUT2D eigenvalue weighted by molar-refractivity contribution is 5.86. The van der Waals surface area contributed by atoms with E-state index in [2.05, 4.69) is 52.4 Å². The second-order valence-corrected chi connectivity index (χ2v) is 8.08. The number of piperazine rings is 1. The normalized spacial score (nSPS) is 29.9. The van der Waals surface area contributed by atoms with E-state index in [4.69, 9.17) is 0 Å². The predicted molar refractivity (Wildman–Crippen MR) is 115 cm³/mol. The summed E-state index contributed by atoms with van der Waals surface area (Å²) in [5, 5.41) is 3.68. The maximum atomic E-state index is 13.3. The molecule has 0 saturated carbocycles. The molecule has 0 radical (unpaired) electrons. The van der Waals surface area contributed by atoms with Gasteiger partial charge in [0.2, 0.25) is 5.91 Å². The number of hydrogen-bond donors (Lipinski definition) is 1. The van der Waals surface area contributed by atoms with Gasteiger partial charge in [-0.25, -0.2) is 0 Å². The van der Waals surface area contributed by atoms with Gasteiger partial charge in [0, 0.05) is 44.8 Å². The molecule has 0 spiro atoms. The van der Waals surface area contributed by atoms with Crippen molar-refractivity contribution in [2.45, 2.75) is 51.1 Å². The lowest BCUT2D eigenvalue weighted by Gasteiger charge is -2.42. The van der Waals surface area contributed by atoms with Crippen LogP contribution in [-0.4, -0.2) is 60.5 Å². The van der Waals surface area contributed by atoms with Crippen molar-refractivity contribution < 1.29 is 4.79 Å². The quantitative estimate of drug-likeness (QED) is 0.804. The third kappa shape index (κ3) is 4.45. The summed E-state index contributed by atoms with van der Waals surface area (Å²) in [7, 11) is 0. The maximum absolute atomic E-state index is 13.3. The smallest absolute Gasteiger partial charge is 0.230 e. The first-order valence-corrected chi connectivity index (χ1v) is 10.0. The number of halogens is 2.